The molecule has 12 heteroatoms. The highest BCUT2D eigenvalue weighted by atomic mass is 32.2. The normalized spacial score (nSPS) is 16.4. The summed E-state index contributed by atoms with van der Waals surface area (Å²) in [5.41, 5.74) is 0. The molecule has 156 valence electrons. The molecule has 1 N–H and O–H groups in total. The standard InChI is InChI=1S/C17H17F3N4O4S/c18-17(19,20)28-13-3-1-4-14(11-13)29(26,27)24-9-5-12(6-10-24)15(25)23-16-21-7-2-8-22-16/h1-4,7-8,11-12H,5-6,9-10H2,(H,21,22,23,25). The van der Waals surface area contributed by atoms with Crippen molar-refractivity contribution in [3.05, 3.63) is 42.7 Å². The summed E-state index contributed by atoms with van der Waals surface area (Å²) in [7, 11) is -4.02. The smallest absolute Gasteiger partial charge is 0.406 e. The Kier molecular flexibility index (Phi) is 6.03. The fourth-order valence-electron chi connectivity index (χ4n) is 2.92. The molecule has 1 aromatic heterocycles. The maximum absolute atomic E-state index is 12.7. The first-order valence-electron chi connectivity index (χ1n) is 8.59. The van der Waals surface area contributed by atoms with E-state index in [4.69, 9.17) is 0 Å². The second-order valence-electron chi connectivity index (χ2n) is 6.26. The van der Waals surface area contributed by atoms with E-state index in [1.54, 1.807) is 6.07 Å². The fourth-order valence-corrected chi connectivity index (χ4v) is 4.42. The zero-order valence-electron chi connectivity index (χ0n) is 15.0. The molecule has 8 nitrogen and oxygen atoms in total. The molecule has 0 atom stereocenters. The number of anilines is 1. The summed E-state index contributed by atoms with van der Waals surface area (Å²) in [5.74, 6) is -1.19. The van der Waals surface area contributed by atoms with E-state index < -0.39 is 28.1 Å². The number of piperidine rings is 1. The summed E-state index contributed by atoms with van der Waals surface area (Å²) in [6.07, 6.45) is -1.44. The number of hydrogen-bond donors (Lipinski definition) is 1. The third-order valence-corrected chi connectivity index (χ3v) is 6.20. The maximum atomic E-state index is 12.7. The number of rotatable bonds is 5. The predicted molar refractivity (Wildman–Crippen MR) is 95.3 cm³/mol. The molecule has 3 rings (SSSR count). The van der Waals surface area contributed by atoms with Gasteiger partial charge in [-0.2, -0.15) is 4.31 Å². The number of carbonyl (C=O) groups excluding carboxylic acids is 1. The van der Waals surface area contributed by atoms with Gasteiger partial charge in [0.1, 0.15) is 5.75 Å². The van der Waals surface area contributed by atoms with Crippen LogP contribution in [0.1, 0.15) is 12.8 Å². The van der Waals surface area contributed by atoms with E-state index in [0.29, 0.717) is 0 Å². The molecule has 1 aliphatic rings. The number of hydrogen-bond acceptors (Lipinski definition) is 6. The van der Waals surface area contributed by atoms with Gasteiger partial charge in [-0.3, -0.25) is 10.1 Å². The lowest BCUT2D eigenvalue weighted by atomic mass is 9.97. The van der Waals surface area contributed by atoms with Gasteiger partial charge in [0.05, 0.1) is 4.90 Å². The van der Waals surface area contributed by atoms with E-state index in [0.717, 1.165) is 16.4 Å². The summed E-state index contributed by atoms with van der Waals surface area (Å²) in [4.78, 5) is 19.8. The van der Waals surface area contributed by atoms with Crippen molar-refractivity contribution in [2.24, 2.45) is 5.92 Å². The molecule has 0 unspecified atom stereocenters. The number of alkyl halides is 3. The maximum Gasteiger partial charge on any atom is 0.573 e. The van der Waals surface area contributed by atoms with Crippen molar-refractivity contribution in [1.82, 2.24) is 14.3 Å². The highest BCUT2D eigenvalue weighted by molar-refractivity contribution is 7.89. The Morgan fingerprint density at radius 3 is 2.41 bits per heavy atom. The second kappa shape index (κ2) is 8.33. The van der Waals surface area contributed by atoms with Gasteiger partial charge in [-0.05, 0) is 31.0 Å². The van der Waals surface area contributed by atoms with Gasteiger partial charge in [-0.1, -0.05) is 6.07 Å². The summed E-state index contributed by atoms with van der Waals surface area (Å²) in [6, 6.07) is 5.83. The first-order chi connectivity index (χ1) is 13.6. The van der Waals surface area contributed by atoms with Gasteiger partial charge in [0, 0.05) is 37.5 Å². The van der Waals surface area contributed by atoms with Crippen LogP contribution in [0.2, 0.25) is 0 Å². The molecule has 1 fully saturated rings. The quantitative estimate of drug-likeness (QED) is 0.782. The van der Waals surface area contributed by atoms with E-state index in [2.05, 4.69) is 20.0 Å². The summed E-state index contributed by atoms with van der Waals surface area (Å²) in [5, 5.41) is 2.57. The van der Waals surface area contributed by atoms with Gasteiger partial charge < -0.3 is 4.74 Å². The Morgan fingerprint density at radius 1 is 1.14 bits per heavy atom. The highest BCUT2D eigenvalue weighted by Crippen LogP contribution is 2.28. The largest absolute Gasteiger partial charge is 0.573 e. The predicted octanol–water partition coefficient (Wildman–Crippen LogP) is 2.41. The first-order valence-corrected chi connectivity index (χ1v) is 10.0. The minimum atomic E-state index is -4.92. The number of amides is 1. The van der Waals surface area contributed by atoms with Crippen LogP contribution in [0.25, 0.3) is 0 Å². The number of halogens is 3. The average Bonchev–Trinajstić information content (AvgIpc) is 2.68. The average molecular weight is 430 g/mol. The zero-order valence-corrected chi connectivity index (χ0v) is 15.8. The van der Waals surface area contributed by atoms with Gasteiger partial charge in [0.2, 0.25) is 21.9 Å². The van der Waals surface area contributed by atoms with Gasteiger partial charge in [-0.25, -0.2) is 18.4 Å². The van der Waals surface area contributed by atoms with Crippen LogP contribution >= 0.6 is 0 Å². The fraction of sp³-hybridized carbons (Fsp3) is 0.353. The molecule has 1 amide bonds. The number of aromatic nitrogens is 2. The number of sulfonamides is 1. The van der Waals surface area contributed by atoms with Gasteiger partial charge >= 0.3 is 6.36 Å². The summed E-state index contributed by atoms with van der Waals surface area (Å²) >= 11 is 0. The van der Waals surface area contributed by atoms with E-state index in [-0.39, 0.29) is 42.7 Å². The molecule has 0 radical (unpaired) electrons. The zero-order chi connectivity index (χ0) is 21.1. The molecule has 0 aliphatic carbocycles. The Morgan fingerprint density at radius 2 is 1.79 bits per heavy atom. The van der Waals surface area contributed by atoms with Gasteiger partial charge in [0.15, 0.2) is 0 Å². The van der Waals surface area contributed by atoms with Gasteiger partial charge in [0.25, 0.3) is 0 Å². The van der Waals surface area contributed by atoms with Crippen LogP contribution in [0.15, 0.2) is 47.6 Å². The number of nitrogens with zero attached hydrogens (tertiary/aromatic N) is 3. The van der Waals surface area contributed by atoms with Crippen molar-refractivity contribution in [2.45, 2.75) is 24.1 Å². The molecule has 29 heavy (non-hydrogen) atoms. The van der Waals surface area contributed by atoms with E-state index in [9.17, 15) is 26.4 Å². The highest BCUT2D eigenvalue weighted by Gasteiger charge is 2.34. The van der Waals surface area contributed by atoms with Crippen LogP contribution in [0.3, 0.4) is 0 Å². The molecule has 0 spiro atoms. The molecule has 0 bridgehead atoms. The summed E-state index contributed by atoms with van der Waals surface area (Å²) < 4.78 is 67.5. The topological polar surface area (TPSA) is 101 Å². The monoisotopic (exact) mass is 430 g/mol. The van der Waals surface area contributed by atoms with Crippen LogP contribution < -0.4 is 10.1 Å². The van der Waals surface area contributed by atoms with Crippen molar-refractivity contribution < 1.29 is 31.1 Å². The second-order valence-corrected chi connectivity index (χ2v) is 8.20. The first kappa shape index (κ1) is 21.0. The lowest BCUT2D eigenvalue weighted by Gasteiger charge is -2.30. The lowest BCUT2D eigenvalue weighted by Crippen LogP contribution is -2.41. The SMILES string of the molecule is O=C(Nc1ncccn1)C1CCN(S(=O)(=O)c2cccc(OC(F)(F)F)c2)CC1. The number of carbonyl (C=O) groups is 1. The molecule has 1 aromatic carbocycles. The molecule has 0 saturated carbocycles. The molecule has 1 aliphatic heterocycles. The van der Waals surface area contributed by atoms with Crippen molar-refractivity contribution in [2.75, 3.05) is 18.4 Å². The summed E-state index contributed by atoms with van der Waals surface area (Å²) in [6.45, 7) is 0.112. The molecular weight excluding hydrogens is 413 g/mol. The third kappa shape index (κ3) is 5.41. The number of ether oxygens (including phenoxy) is 1. The Hall–Kier alpha value is -2.73. The molecule has 2 aromatic rings. The minimum absolute atomic E-state index is 0.0560. The van der Waals surface area contributed by atoms with Crippen molar-refractivity contribution in [3.8, 4) is 5.75 Å². The van der Waals surface area contributed by atoms with E-state index in [1.807, 2.05) is 0 Å². The Bertz CT molecular complexity index is 962. The molecular formula is C17H17F3N4O4S. The lowest BCUT2D eigenvalue weighted by molar-refractivity contribution is -0.274. The van der Waals surface area contributed by atoms with Crippen molar-refractivity contribution >= 4 is 21.9 Å². The Labute approximate surface area is 164 Å². The van der Waals surface area contributed by atoms with Crippen molar-refractivity contribution in [1.29, 1.82) is 0 Å². The van der Waals surface area contributed by atoms with Crippen LogP contribution in [-0.4, -0.2) is 48.1 Å². The van der Waals surface area contributed by atoms with E-state index in [1.165, 1.54) is 24.5 Å². The van der Waals surface area contributed by atoms with Crippen LogP contribution in [0, 0.1) is 5.92 Å². The number of nitrogens with one attached hydrogen (secondary N) is 1. The van der Waals surface area contributed by atoms with Crippen molar-refractivity contribution in [3.63, 3.8) is 0 Å². The van der Waals surface area contributed by atoms with Gasteiger partial charge in [-0.15, -0.1) is 13.2 Å². The van der Waals surface area contributed by atoms with Crippen LogP contribution in [0.5, 0.6) is 5.75 Å². The molecule has 2 heterocycles. The van der Waals surface area contributed by atoms with Crippen LogP contribution in [0.4, 0.5) is 19.1 Å². The van der Waals surface area contributed by atoms with Crippen LogP contribution in [-0.2, 0) is 14.8 Å². The molecule has 1 saturated heterocycles. The minimum Gasteiger partial charge on any atom is -0.406 e. The Balaban J connectivity index is 1.64. The third-order valence-electron chi connectivity index (χ3n) is 4.30. The van der Waals surface area contributed by atoms with E-state index >= 15 is 0 Å². The number of benzene rings is 1.